The molecular weight excluding hydrogens is 921 g/mol. The molecule has 2 saturated heterocycles. The number of aliphatic hydroxyl groups is 1. The number of imide groups is 2. The number of aliphatic hydroxyl groups excluding tert-OH is 1. The van der Waals surface area contributed by atoms with Crippen molar-refractivity contribution in [2.24, 2.45) is 11.8 Å². The summed E-state index contributed by atoms with van der Waals surface area (Å²) in [7, 11) is -2.87. The quantitative estimate of drug-likeness (QED) is 0.0576. The Balaban J connectivity index is 0.000000297. The van der Waals surface area contributed by atoms with Gasteiger partial charge in [-0.25, -0.2) is 19.4 Å². The van der Waals surface area contributed by atoms with Crippen LogP contribution in [-0.2, 0) is 55.4 Å². The van der Waals surface area contributed by atoms with Gasteiger partial charge in [0, 0.05) is 13.2 Å². The van der Waals surface area contributed by atoms with Crippen LogP contribution in [0.1, 0.15) is 99.1 Å². The number of carbonyl (C=O) groups excluding carboxylic acids is 6. The number of rotatable bonds is 18. The van der Waals surface area contributed by atoms with Crippen LogP contribution in [0.4, 0.5) is 9.59 Å². The predicted molar refractivity (Wildman–Crippen MR) is 272 cm³/mol. The predicted octanol–water partition coefficient (Wildman–Crippen LogP) is 8.20. The lowest BCUT2D eigenvalue weighted by atomic mass is 9.98. The van der Waals surface area contributed by atoms with E-state index in [9.17, 15) is 33.9 Å². The molecule has 0 aliphatic carbocycles. The van der Waals surface area contributed by atoms with E-state index in [4.69, 9.17) is 23.4 Å². The van der Waals surface area contributed by atoms with Gasteiger partial charge in [-0.3, -0.25) is 19.2 Å². The van der Waals surface area contributed by atoms with Crippen molar-refractivity contribution in [1.82, 2.24) is 9.80 Å². The fourth-order valence-electron chi connectivity index (χ4n) is 8.99. The average molecular weight is 993 g/mol. The summed E-state index contributed by atoms with van der Waals surface area (Å²) in [5.41, 5.74) is 0.585. The van der Waals surface area contributed by atoms with Gasteiger partial charge in [-0.05, 0) is 93.8 Å². The lowest BCUT2D eigenvalue weighted by Gasteiger charge is -2.43. The topological polar surface area (TPSA) is 175 Å². The van der Waals surface area contributed by atoms with E-state index in [-0.39, 0.29) is 57.1 Å². The Morgan fingerprint density at radius 1 is 0.577 bits per heavy atom. The summed E-state index contributed by atoms with van der Waals surface area (Å²) < 4.78 is 28.3. The largest absolute Gasteiger partial charge is 0.460 e. The van der Waals surface area contributed by atoms with Crippen LogP contribution < -0.4 is 10.4 Å². The molecule has 2 fully saturated rings. The minimum atomic E-state index is -2.87. The molecule has 4 aromatic rings. The number of cyclic esters (lactones) is 2. The van der Waals surface area contributed by atoms with E-state index in [2.05, 4.69) is 45.0 Å². The Kier molecular flexibility index (Phi) is 19.5. The molecule has 4 atom stereocenters. The second-order valence-corrected chi connectivity index (χ2v) is 25.4. The van der Waals surface area contributed by atoms with Crippen molar-refractivity contribution in [3.63, 3.8) is 0 Å². The van der Waals surface area contributed by atoms with Gasteiger partial charge < -0.3 is 28.5 Å². The average Bonchev–Trinajstić information content (AvgIpc) is 3.86. The van der Waals surface area contributed by atoms with E-state index in [1.54, 1.807) is 41.5 Å². The summed E-state index contributed by atoms with van der Waals surface area (Å²) in [6, 6.07) is 38.8. The van der Waals surface area contributed by atoms with Gasteiger partial charge >= 0.3 is 24.1 Å². The molecule has 14 nitrogen and oxygen atoms in total. The fourth-order valence-corrected chi connectivity index (χ4v) is 13.6. The van der Waals surface area contributed by atoms with Gasteiger partial charge in [0.05, 0.1) is 36.8 Å². The van der Waals surface area contributed by atoms with Gasteiger partial charge in [-0.2, -0.15) is 0 Å². The molecule has 0 saturated carbocycles. The van der Waals surface area contributed by atoms with Crippen molar-refractivity contribution >= 4 is 54.6 Å². The summed E-state index contributed by atoms with van der Waals surface area (Å²) in [6.07, 6.45) is -0.511. The molecule has 0 radical (unpaired) electrons. The Hall–Kier alpha value is -6.16. The van der Waals surface area contributed by atoms with Gasteiger partial charge in [0.1, 0.15) is 24.4 Å². The maximum Gasteiger partial charge on any atom is 0.416 e. The van der Waals surface area contributed by atoms with E-state index >= 15 is 0 Å². The van der Waals surface area contributed by atoms with Crippen LogP contribution >= 0.6 is 0 Å². The van der Waals surface area contributed by atoms with Gasteiger partial charge in [0.2, 0.25) is 11.8 Å². The molecule has 2 aliphatic heterocycles. The van der Waals surface area contributed by atoms with Crippen LogP contribution in [0, 0.1) is 11.8 Å². The van der Waals surface area contributed by atoms with E-state index < -0.39 is 79.4 Å². The lowest BCUT2D eigenvalue weighted by Crippen LogP contribution is -2.66. The molecule has 2 heterocycles. The van der Waals surface area contributed by atoms with Crippen LogP contribution in [-0.4, -0.2) is 109 Å². The van der Waals surface area contributed by atoms with Crippen LogP contribution in [0.15, 0.2) is 121 Å². The number of benzene rings is 4. The van der Waals surface area contributed by atoms with Crippen molar-refractivity contribution in [3.05, 3.63) is 132 Å². The fraction of sp³-hybridized carbons (Fsp3) is 0.464. The van der Waals surface area contributed by atoms with E-state index in [0.717, 1.165) is 26.4 Å². The van der Waals surface area contributed by atoms with Crippen molar-refractivity contribution in [2.45, 2.75) is 129 Å². The molecule has 0 bridgehead atoms. The number of hydrogen-bond acceptors (Lipinski definition) is 12. The normalized spacial score (nSPS) is 17.0. The van der Waals surface area contributed by atoms with Gasteiger partial charge in [0.25, 0.3) is 8.32 Å². The van der Waals surface area contributed by atoms with Crippen molar-refractivity contribution < 1.29 is 57.2 Å². The summed E-state index contributed by atoms with van der Waals surface area (Å²) in [5, 5.41) is 11.3. The number of amides is 4. The maximum absolute atomic E-state index is 14.1. The zero-order valence-corrected chi connectivity index (χ0v) is 43.8. The Bertz CT molecular complexity index is 2340. The first-order valence-electron chi connectivity index (χ1n) is 24.4. The molecule has 0 unspecified atom stereocenters. The van der Waals surface area contributed by atoms with Crippen LogP contribution in [0.5, 0.6) is 0 Å². The van der Waals surface area contributed by atoms with Crippen molar-refractivity contribution in [2.75, 3.05) is 26.4 Å². The number of carbonyl (C=O) groups is 6. The summed E-state index contributed by atoms with van der Waals surface area (Å²) >= 11 is 0. The number of esters is 2. The highest BCUT2D eigenvalue weighted by atomic mass is 28.4. The highest BCUT2D eigenvalue weighted by molar-refractivity contribution is 6.99. The molecule has 4 amide bonds. The maximum atomic E-state index is 14.1. The van der Waals surface area contributed by atoms with E-state index in [1.165, 1.54) is 4.90 Å². The molecule has 6 rings (SSSR count). The first-order chi connectivity index (χ1) is 33.5. The van der Waals surface area contributed by atoms with Crippen LogP contribution in [0.2, 0.25) is 5.04 Å². The van der Waals surface area contributed by atoms with E-state index in [1.807, 2.05) is 97.1 Å². The Morgan fingerprint density at radius 3 is 1.27 bits per heavy atom. The molecule has 0 spiro atoms. The standard InChI is InChI=1S/C36H45NO6Si.C20H27NO6/c1-35(2,3)43-32(38)25-28(33(39)37-29(26-41-34(37)40)24-27-16-10-7-11-17-27)22-23-42-44(36(4,5)6,30-18-12-8-13-19-30)31-20-14-9-15-21-31;1-20(2,3)27-17(23)12-15(9-10-22)18(24)21-16(13-26-19(21)25)11-14-7-5-4-6-8-14/h7-21,28-29H,22-26H2,1-6H3;4-8,15-16,22H,9-13H2,1-3H3/t28-,29+;15-,16+/m11/s1. The summed E-state index contributed by atoms with van der Waals surface area (Å²) in [4.78, 5) is 79.6. The van der Waals surface area contributed by atoms with Gasteiger partial charge in [-0.1, -0.05) is 142 Å². The molecule has 2 aliphatic rings. The monoisotopic (exact) mass is 992 g/mol. The molecule has 1 N–H and O–H groups in total. The van der Waals surface area contributed by atoms with Crippen molar-refractivity contribution in [1.29, 1.82) is 0 Å². The highest BCUT2D eigenvalue weighted by Gasteiger charge is 2.51. The summed E-state index contributed by atoms with van der Waals surface area (Å²) in [6.45, 7) is 17.3. The highest BCUT2D eigenvalue weighted by Crippen LogP contribution is 2.37. The van der Waals surface area contributed by atoms with Crippen LogP contribution in [0.25, 0.3) is 0 Å². The van der Waals surface area contributed by atoms with Crippen LogP contribution in [0.3, 0.4) is 0 Å². The molecule has 0 aromatic heterocycles. The van der Waals surface area contributed by atoms with E-state index in [0.29, 0.717) is 12.8 Å². The first kappa shape index (κ1) is 55.8. The molecule has 71 heavy (non-hydrogen) atoms. The first-order valence-corrected chi connectivity index (χ1v) is 26.3. The second kappa shape index (κ2) is 24.8. The molecule has 382 valence electrons. The zero-order valence-electron chi connectivity index (χ0n) is 42.8. The summed E-state index contributed by atoms with van der Waals surface area (Å²) in [5.74, 6) is -3.65. The second-order valence-electron chi connectivity index (χ2n) is 21.0. The van der Waals surface area contributed by atoms with Gasteiger partial charge in [-0.15, -0.1) is 0 Å². The van der Waals surface area contributed by atoms with Gasteiger partial charge in [0.15, 0.2) is 0 Å². The smallest absolute Gasteiger partial charge is 0.416 e. The minimum Gasteiger partial charge on any atom is -0.460 e. The Morgan fingerprint density at radius 2 is 0.930 bits per heavy atom. The SMILES string of the molecule is CC(C)(C)OC(=O)C[C@@H](CCO)C(=O)N1C(=O)OC[C@@H]1Cc1ccccc1.CC(C)(C)OC(=O)C[C@@H](CCO[Si](c1ccccc1)(c1ccccc1)C(C)(C)C)C(=O)N1C(=O)OC[C@@H]1Cc1ccccc1. The lowest BCUT2D eigenvalue weighted by molar-refractivity contribution is -0.159. The molecule has 4 aromatic carbocycles. The Labute approximate surface area is 420 Å². The molecule has 15 heteroatoms. The third kappa shape index (κ3) is 15.7. The molecular formula is C56H72N2O12Si. The number of nitrogens with zero attached hydrogens (tertiary/aromatic N) is 2. The number of ether oxygens (including phenoxy) is 4. The number of hydrogen-bond donors (Lipinski definition) is 1. The minimum absolute atomic E-state index is 0.0694. The van der Waals surface area contributed by atoms with Crippen molar-refractivity contribution in [3.8, 4) is 0 Å². The third-order valence-electron chi connectivity index (χ3n) is 12.1. The zero-order chi connectivity index (χ0) is 52.0. The third-order valence-corrected chi connectivity index (χ3v) is 17.1.